The third-order valence-corrected chi connectivity index (χ3v) is 5.32. The van der Waals surface area contributed by atoms with Crippen molar-refractivity contribution < 1.29 is 18.4 Å². The quantitative estimate of drug-likeness (QED) is 0.241. The van der Waals surface area contributed by atoms with E-state index in [1.807, 2.05) is 0 Å². The molecule has 0 aliphatic rings. The van der Waals surface area contributed by atoms with E-state index in [4.69, 9.17) is 10.6 Å². The van der Waals surface area contributed by atoms with E-state index < -0.39 is 28.6 Å². The summed E-state index contributed by atoms with van der Waals surface area (Å²) >= 11 is 0. The van der Waals surface area contributed by atoms with Gasteiger partial charge in [-0.1, -0.05) is 11.6 Å². The molecule has 0 aliphatic carbocycles. The molecule has 2 heterocycles. The first kappa shape index (κ1) is 23.2. The molecule has 0 saturated carbocycles. The average molecular weight is 470 g/mol. The molecule has 0 aliphatic heterocycles. The highest BCUT2D eigenvalue weighted by molar-refractivity contribution is 5.72. The van der Waals surface area contributed by atoms with Gasteiger partial charge in [0.15, 0.2) is 22.7 Å². The second kappa shape index (κ2) is 9.49. The van der Waals surface area contributed by atoms with Gasteiger partial charge in [0.1, 0.15) is 0 Å². The maximum atomic E-state index is 14.3. The molecule has 4 rings (SSSR count). The number of aryl methyl sites for hydroxylation is 1. The van der Waals surface area contributed by atoms with Gasteiger partial charge >= 0.3 is 11.7 Å². The Hall–Kier alpha value is -3.96. The van der Waals surface area contributed by atoms with Crippen LogP contribution in [-0.2, 0) is 25.0 Å². The number of nitrogens with two attached hydrogens (primary N) is 1. The van der Waals surface area contributed by atoms with Gasteiger partial charge in [-0.2, -0.15) is 34.0 Å². The maximum Gasteiger partial charge on any atom is 0.332 e. The summed E-state index contributed by atoms with van der Waals surface area (Å²) in [4.78, 5) is 35.0. The van der Waals surface area contributed by atoms with E-state index in [1.165, 1.54) is 28.3 Å². The van der Waals surface area contributed by atoms with Crippen molar-refractivity contribution in [1.82, 2.24) is 18.7 Å². The molecule has 0 saturated heterocycles. The van der Waals surface area contributed by atoms with Gasteiger partial charge in [-0.25, -0.2) is 15.1 Å². The minimum Gasteiger partial charge on any atom is -0.422 e. The Balaban J connectivity index is 1.92. The fourth-order valence-electron chi connectivity index (χ4n) is 3.57. The van der Waals surface area contributed by atoms with E-state index in [2.05, 4.69) is 16.7 Å². The Labute approximate surface area is 192 Å². The van der Waals surface area contributed by atoms with Crippen molar-refractivity contribution >= 4 is 11.2 Å². The van der Waals surface area contributed by atoms with Crippen LogP contribution in [0.25, 0.3) is 11.2 Å². The fourth-order valence-corrected chi connectivity index (χ4v) is 3.57. The predicted molar refractivity (Wildman–Crippen MR) is 120 cm³/mol. The van der Waals surface area contributed by atoms with Gasteiger partial charge in [-0.15, -0.1) is 12.1 Å². The molecule has 0 bridgehead atoms. The minimum absolute atomic E-state index is 0.0434. The number of benzene rings is 2. The number of hydrogen-bond acceptors (Lipinski definition) is 6. The van der Waals surface area contributed by atoms with Crippen molar-refractivity contribution in [3.63, 3.8) is 0 Å². The molecule has 2 aromatic heterocycles. The van der Waals surface area contributed by atoms with Crippen LogP contribution in [0.15, 0.2) is 52.1 Å². The lowest BCUT2D eigenvalue weighted by atomic mass is 10.1. The lowest BCUT2D eigenvalue weighted by Crippen LogP contribution is -2.40. The van der Waals surface area contributed by atoms with Gasteiger partial charge in [0, 0.05) is 13.6 Å². The molecule has 0 unspecified atom stereocenters. The highest BCUT2D eigenvalue weighted by Gasteiger charge is 2.23. The molecule has 0 spiro atoms. The number of rotatable bonds is 8. The van der Waals surface area contributed by atoms with Crippen LogP contribution in [0, 0.1) is 18.6 Å². The number of hydrogen-bond donors (Lipinski definition) is 1. The van der Waals surface area contributed by atoms with E-state index in [0.29, 0.717) is 6.42 Å². The summed E-state index contributed by atoms with van der Waals surface area (Å²) < 4.78 is 37.4. The Kier molecular flexibility index (Phi) is 6.48. The van der Waals surface area contributed by atoms with Crippen LogP contribution in [-0.4, -0.2) is 25.3 Å². The van der Waals surface area contributed by atoms with E-state index in [0.717, 1.165) is 21.8 Å². The zero-order chi connectivity index (χ0) is 24.4. The molecular weight excluding hydrogens is 448 g/mol. The van der Waals surface area contributed by atoms with E-state index in [9.17, 15) is 18.4 Å². The SMILES string of the molecule is [CH2-]c1ccc(Cn2c(Oc3cccc(F)c3F)nc3c2c(=O)n(CCCON)c(=O)n3C)cc1. The van der Waals surface area contributed by atoms with Crippen LogP contribution in [0.1, 0.15) is 17.5 Å². The third kappa shape index (κ3) is 4.30. The van der Waals surface area contributed by atoms with Crippen molar-refractivity contribution in [2.75, 3.05) is 6.61 Å². The summed E-state index contributed by atoms with van der Waals surface area (Å²) in [6.07, 6.45) is 0.327. The standard InChI is InChI=1S/C23H22F2N5O4/c1-14-7-9-15(10-8-14)13-30-19-20(27-22(30)34-17-6-3-5-16(24)18(17)25)28(2)23(32)29(21(19)31)11-4-12-33-26/h3,5-10H,1,4,11-13,26H2,2H3/q-1. The Morgan fingerprint density at radius 1 is 1.09 bits per heavy atom. The minimum atomic E-state index is -1.20. The van der Waals surface area contributed by atoms with Crippen molar-refractivity contribution in [3.05, 3.63) is 93.0 Å². The van der Waals surface area contributed by atoms with Gasteiger partial charge in [-0.05, 0) is 18.6 Å². The van der Waals surface area contributed by atoms with Crippen LogP contribution < -0.4 is 21.9 Å². The number of nitrogens with zero attached hydrogens (tertiary/aromatic N) is 4. The van der Waals surface area contributed by atoms with Gasteiger partial charge in [0.25, 0.3) is 5.56 Å². The van der Waals surface area contributed by atoms with Crippen molar-refractivity contribution in [1.29, 1.82) is 0 Å². The number of imidazole rings is 1. The molecule has 2 N–H and O–H groups in total. The lowest BCUT2D eigenvalue weighted by molar-refractivity contribution is 0.131. The third-order valence-electron chi connectivity index (χ3n) is 5.32. The van der Waals surface area contributed by atoms with Crippen molar-refractivity contribution in [2.45, 2.75) is 19.5 Å². The molecular formula is C23H22F2N5O4-. The maximum absolute atomic E-state index is 14.3. The van der Waals surface area contributed by atoms with Gasteiger partial charge in [0.2, 0.25) is 5.82 Å². The van der Waals surface area contributed by atoms with Gasteiger partial charge in [-0.3, -0.25) is 18.5 Å². The summed E-state index contributed by atoms with van der Waals surface area (Å²) in [5.41, 5.74) is 0.482. The summed E-state index contributed by atoms with van der Waals surface area (Å²) in [6, 6.07) is 10.5. The molecule has 178 valence electrons. The normalized spacial score (nSPS) is 11.3. The molecule has 11 heteroatoms. The van der Waals surface area contributed by atoms with Crippen LogP contribution in [0.4, 0.5) is 8.78 Å². The zero-order valence-corrected chi connectivity index (χ0v) is 18.3. The predicted octanol–water partition coefficient (Wildman–Crippen LogP) is 2.48. The fraction of sp³-hybridized carbons (Fsp3) is 0.217. The molecule has 2 aromatic carbocycles. The number of aromatic nitrogens is 4. The molecule has 0 atom stereocenters. The monoisotopic (exact) mass is 470 g/mol. The highest BCUT2D eigenvalue weighted by Crippen LogP contribution is 2.28. The molecule has 4 aromatic rings. The second-order valence-corrected chi connectivity index (χ2v) is 7.65. The smallest absolute Gasteiger partial charge is 0.332 e. The summed E-state index contributed by atoms with van der Waals surface area (Å²) in [5, 5.41) is 0. The van der Waals surface area contributed by atoms with Crippen LogP contribution in [0.5, 0.6) is 11.8 Å². The number of ether oxygens (including phenoxy) is 1. The number of fused-ring (bicyclic) bond motifs is 1. The Morgan fingerprint density at radius 2 is 1.82 bits per heavy atom. The van der Waals surface area contributed by atoms with Crippen molar-refractivity contribution in [3.8, 4) is 11.8 Å². The first-order valence-corrected chi connectivity index (χ1v) is 10.4. The first-order valence-electron chi connectivity index (χ1n) is 10.4. The molecule has 0 fully saturated rings. The topological polar surface area (TPSA) is 106 Å². The van der Waals surface area contributed by atoms with E-state index in [-0.39, 0.29) is 36.9 Å². The van der Waals surface area contributed by atoms with E-state index >= 15 is 0 Å². The van der Waals surface area contributed by atoms with Crippen LogP contribution in [0.2, 0.25) is 0 Å². The molecule has 9 nitrogen and oxygen atoms in total. The van der Waals surface area contributed by atoms with Crippen LogP contribution in [0.3, 0.4) is 0 Å². The second-order valence-electron chi connectivity index (χ2n) is 7.65. The largest absolute Gasteiger partial charge is 0.422 e. The zero-order valence-electron chi connectivity index (χ0n) is 18.3. The summed E-state index contributed by atoms with van der Waals surface area (Å²) in [5.74, 6) is 2.35. The lowest BCUT2D eigenvalue weighted by Gasteiger charge is -2.13. The highest BCUT2D eigenvalue weighted by atomic mass is 19.2. The molecule has 0 amide bonds. The van der Waals surface area contributed by atoms with E-state index in [1.54, 1.807) is 24.3 Å². The average Bonchev–Trinajstić information content (AvgIpc) is 3.17. The Morgan fingerprint density at radius 3 is 2.53 bits per heavy atom. The molecule has 0 radical (unpaired) electrons. The van der Waals surface area contributed by atoms with Crippen molar-refractivity contribution in [2.24, 2.45) is 12.9 Å². The van der Waals surface area contributed by atoms with Gasteiger partial charge < -0.3 is 9.57 Å². The van der Waals surface area contributed by atoms with Crippen LogP contribution >= 0.6 is 0 Å². The number of halogens is 2. The van der Waals surface area contributed by atoms with Gasteiger partial charge in [0.05, 0.1) is 13.2 Å². The molecule has 34 heavy (non-hydrogen) atoms. The summed E-state index contributed by atoms with van der Waals surface area (Å²) in [7, 11) is 1.46. The Bertz CT molecular complexity index is 1460. The summed E-state index contributed by atoms with van der Waals surface area (Å²) in [6.45, 7) is 4.18. The first-order chi connectivity index (χ1) is 16.3.